The molecule has 0 aliphatic carbocycles. The quantitative estimate of drug-likeness (QED) is 0.509. The maximum atomic E-state index is 3.12. The van der Waals surface area contributed by atoms with Gasteiger partial charge in [0.25, 0.3) is 0 Å². The van der Waals surface area contributed by atoms with Crippen molar-refractivity contribution in [1.82, 2.24) is 0 Å². The number of hydrogen-bond donors (Lipinski definition) is 0. The molecule has 0 amide bonds. The molecule has 0 heterocycles. The molecule has 0 saturated carbocycles. The molecule has 72 valence electrons. The van der Waals surface area contributed by atoms with Gasteiger partial charge in [0.1, 0.15) is 0 Å². The Morgan fingerprint density at radius 3 is 2.69 bits per heavy atom. The van der Waals surface area contributed by atoms with Crippen LogP contribution in [0.4, 0.5) is 0 Å². The third kappa shape index (κ3) is 2.97. The van der Waals surface area contributed by atoms with Gasteiger partial charge in [-0.25, -0.2) is 23.6 Å². The van der Waals surface area contributed by atoms with Gasteiger partial charge < -0.3 is 0 Å². The van der Waals surface area contributed by atoms with Gasteiger partial charge in [0.05, 0.1) is 0 Å². The van der Waals surface area contributed by atoms with Crippen LogP contribution in [0.1, 0.15) is 5.56 Å². The Morgan fingerprint density at radius 2 is 1.92 bits per heavy atom. The van der Waals surface area contributed by atoms with E-state index in [0.717, 1.165) is 5.39 Å². The molecule has 0 atom stereocenters. The molecule has 0 unspecified atom stereocenters. The molecule has 0 aliphatic rings. The Labute approximate surface area is 104 Å². The van der Waals surface area contributed by atoms with E-state index in [2.05, 4.69) is 37.3 Å². The first-order valence-electron chi connectivity index (χ1n) is 3.64. The minimum absolute atomic E-state index is 0. The van der Waals surface area contributed by atoms with E-state index >= 15 is 0 Å². The number of rotatable bonds is 0. The summed E-state index contributed by atoms with van der Waals surface area (Å²) in [5, 5.41) is 2.38. The van der Waals surface area contributed by atoms with Gasteiger partial charge in [-0.05, 0) is 6.92 Å². The Hall–Kier alpha value is -0.0532. The largest absolute Gasteiger partial charge is 0.281 e. The molecule has 13 heavy (non-hydrogen) atoms. The predicted molar refractivity (Wildman–Crippen MR) is 46.4 cm³/mol. The number of hydrogen-bond acceptors (Lipinski definition) is 0. The molecular formula is C11H8Rh2-2. The second-order valence-corrected chi connectivity index (χ2v) is 2.69. The van der Waals surface area contributed by atoms with Crippen molar-refractivity contribution >= 4 is 10.8 Å². The summed E-state index contributed by atoms with van der Waals surface area (Å²) in [4.78, 5) is 0. The maximum Gasteiger partial charge on any atom is 0 e. The van der Waals surface area contributed by atoms with E-state index in [0.29, 0.717) is 0 Å². The molecule has 0 N–H and O–H groups in total. The molecule has 0 bridgehead atoms. The van der Waals surface area contributed by atoms with E-state index in [1.54, 1.807) is 0 Å². The van der Waals surface area contributed by atoms with Gasteiger partial charge in [0, 0.05) is 39.0 Å². The summed E-state index contributed by atoms with van der Waals surface area (Å²) >= 11 is 0. The van der Waals surface area contributed by atoms with E-state index in [4.69, 9.17) is 0 Å². The second-order valence-electron chi connectivity index (χ2n) is 2.69. The summed E-state index contributed by atoms with van der Waals surface area (Å²) in [6.45, 7) is 2.09. The normalized spacial score (nSPS) is 8.69. The van der Waals surface area contributed by atoms with Crippen molar-refractivity contribution in [2.75, 3.05) is 0 Å². The van der Waals surface area contributed by atoms with Gasteiger partial charge >= 0.3 is 0 Å². The Balaban J connectivity index is 0.000000720. The van der Waals surface area contributed by atoms with Crippen LogP contribution in [-0.2, 0) is 39.0 Å². The summed E-state index contributed by atoms with van der Waals surface area (Å²) in [5.41, 5.74) is 1.28. The van der Waals surface area contributed by atoms with Gasteiger partial charge in [-0.2, -0.15) is 0 Å². The minimum atomic E-state index is 0. The molecule has 0 aliphatic heterocycles. The molecule has 2 heteroatoms. The van der Waals surface area contributed by atoms with Crippen LogP contribution >= 0.6 is 0 Å². The fraction of sp³-hybridized carbons (Fsp3) is 0.0909. The van der Waals surface area contributed by atoms with Crippen LogP contribution in [0.5, 0.6) is 0 Å². The molecule has 0 nitrogen and oxygen atoms in total. The summed E-state index contributed by atoms with van der Waals surface area (Å²) in [7, 11) is 0. The van der Waals surface area contributed by atoms with E-state index in [-0.39, 0.29) is 39.0 Å². The van der Waals surface area contributed by atoms with Gasteiger partial charge in [0.2, 0.25) is 0 Å². The molecule has 0 spiro atoms. The third-order valence-electron chi connectivity index (χ3n) is 1.76. The summed E-state index contributed by atoms with van der Waals surface area (Å²) in [6, 6.07) is 16.3. The molecule has 2 radical (unpaired) electrons. The van der Waals surface area contributed by atoms with Crippen LogP contribution in [0.3, 0.4) is 0 Å². The van der Waals surface area contributed by atoms with Crippen molar-refractivity contribution in [2.45, 2.75) is 6.92 Å². The standard InChI is InChI=1S/C11H8.2Rh/c1-9-6-7-10-4-2-3-5-11(10)8-9;;/h2,5-8H,1H3;;/q-2;;. The van der Waals surface area contributed by atoms with Crippen molar-refractivity contribution < 1.29 is 39.0 Å². The second kappa shape index (κ2) is 5.63. The Morgan fingerprint density at radius 1 is 1.15 bits per heavy atom. The van der Waals surface area contributed by atoms with Gasteiger partial charge in [0.15, 0.2) is 0 Å². The van der Waals surface area contributed by atoms with E-state index < -0.39 is 0 Å². The molecule has 2 rings (SSSR count). The van der Waals surface area contributed by atoms with Crippen LogP contribution in [0.2, 0.25) is 0 Å². The third-order valence-corrected chi connectivity index (χ3v) is 1.76. The van der Waals surface area contributed by atoms with Gasteiger partial charge in [-0.3, -0.25) is 17.5 Å². The first-order valence-corrected chi connectivity index (χ1v) is 3.64. The first-order chi connectivity index (χ1) is 5.36. The van der Waals surface area contributed by atoms with Crippen molar-refractivity contribution in [3.63, 3.8) is 0 Å². The number of aryl methyl sites for hydroxylation is 1. The Kier molecular flexibility index (Phi) is 5.61. The van der Waals surface area contributed by atoms with Crippen LogP contribution in [0.15, 0.2) is 30.3 Å². The minimum Gasteiger partial charge on any atom is -0.281 e. The van der Waals surface area contributed by atoms with Crippen molar-refractivity contribution in [3.05, 3.63) is 48.0 Å². The zero-order valence-corrected chi connectivity index (χ0v) is 10.3. The number of fused-ring (bicyclic) bond motifs is 1. The average molecular weight is 346 g/mol. The zero-order chi connectivity index (χ0) is 7.68. The Bertz CT molecular complexity index is 383. The smallest absolute Gasteiger partial charge is 0 e. The van der Waals surface area contributed by atoms with Gasteiger partial charge in [-0.1, -0.05) is 5.56 Å². The number of benzene rings is 2. The molecule has 0 saturated heterocycles. The maximum absolute atomic E-state index is 3.12. The van der Waals surface area contributed by atoms with Crippen LogP contribution < -0.4 is 0 Å². The van der Waals surface area contributed by atoms with Crippen molar-refractivity contribution in [1.29, 1.82) is 0 Å². The van der Waals surface area contributed by atoms with Crippen LogP contribution in [0, 0.1) is 19.1 Å². The van der Waals surface area contributed by atoms with Gasteiger partial charge in [-0.15, -0.1) is 12.1 Å². The first kappa shape index (κ1) is 12.9. The predicted octanol–water partition coefficient (Wildman–Crippen LogP) is 2.74. The van der Waals surface area contributed by atoms with E-state index in [1.165, 1.54) is 10.9 Å². The van der Waals surface area contributed by atoms with Crippen molar-refractivity contribution in [3.8, 4) is 0 Å². The fourth-order valence-corrected chi connectivity index (χ4v) is 1.18. The summed E-state index contributed by atoms with van der Waals surface area (Å²) in [5.74, 6) is 0. The summed E-state index contributed by atoms with van der Waals surface area (Å²) < 4.78 is 0. The molecule has 2 aromatic rings. The topological polar surface area (TPSA) is 0 Å². The monoisotopic (exact) mass is 346 g/mol. The van der Waals surface area contributed by atoms with E-state index in [9.17, 15) is 0 Å². The van der Waals surface area contributed by atoms with E-state index in [1.807, 2.05) is 12.1 Å². The SMILES string of the molecule is Cc1ccc2[c-]c[c-]cc2c1.[Rh].[Rh]. The summed E-state index contributed by atoms with van der Waals surface area (Å²) in [6.07, 6.45) is 0. The molecule has 2 aromatic carbocycles. The fourth-order valence-electron chi connectivity index (χ4n) is 1.18. The molecule has 0 fully saturated rings. The molecular weight excluding hydrogens is 338 g/mol. The molecule has 0 aromatic heterocycles. The average Bonchev–Trinajstić information content (AvgIpc) is 2.04. The van der Waals surface area contributed by atoms with Crippen molar-refractivity contribution in [2.24, 2.45) is 0 Å². The van der Waals surface area contributed by atoms with Crippen LogP contribution in [-0.4, -0.2) is 0 Å². The zero-order valence-electron chi connectivity index (χ0n) is 7.05. The van der Waals surface area contributed by atoms with Crippen LogP contribution in [0.25, 0.3) is 10.8 Å².